The molecule has 0 fully saturated rings. The molecular formula is C16H23N3S. The van der Waals surface area contributed by atoms with Crippen molar-refractivity contribution in [1.82, 2.24) is 15.3 Å². The largest absolute Gasteiger partial charge is 0.312 e. The molecule has 2 aromatic heterocycles. The van der Waals surface area contributed by atoms with E-state index in [0.29, 0.717) is 5.92 Å². The minimum atomic E-state index is 0.670. The van der Waals surface area contributed by atoms with E-state index in [2.05, 4.69) is 56.0 Å². The summed E-state index contributed by atoms with van der Waals surface area (Å²) in [6.45, 7) is 12.6. The molecule has 2 heterocycles. The average molecular weight is 289 g/mol. The molecule has 0 atom stereocenters. The summed E-state index contributed by atoms with van der Waals surface area (Å²) in [5.74, 6) is 0.670. The lowest BCUT2D eigenvalue weighted by molar-refractivity contribution is 0.554. The number of thiazole rings is 1. The highest BCUT2D eigenvalue weighted by atomic mass is 32.1. The van der Waals surface area contributed by atoms with Gasteiger partial charge in [-0.05, 0) is 44.4 Å². The van der Waals surface area contributed by atoms with Crippen LogP contribution in [0.1, 0.15) is 35.5 Å². The fourth-order valence-corrected chi connectivity index (χ4v) is 3.20. The molecule has 1 N–H and O–H groups in total. The summed E-state index contributed by atoms with van der Waals surface area (Å²) < 4.78 is 0. The van der Waals surface area contributed by atoms with Crippen LogP contribution in [-0.2, 0) is 6.54 Å². The van der Waals surface area contributed by atoms with Crippen LogP contribution >= 0.6 is 11.3 Å². The van der Waals surface area contributed by atoms with Gasteiger partial charge in [0.25, 0.3) is 0 Å². The summed E-state index contributed by atoms with van der Waals surface area (Å²) in [7, 11) is 0. The van der Waals surface area contributed by atoms with Gasteiger partial charge in [0.05, 0.1) is 5.69 Å². The van der Waals surface area contributed by atoms with Gasteiger partial charge < -0.3 is 5.32 Å². The van der Waals surface area contributed by atoms with Crippen molar-refractivity contribution in [1.29, 1.82) is 0 Å². The van der Waals surface area contributed by atoms with E-state index in [4.69, 9.17) is 0 Å². The monoisotopic (exact) mass is 289 g/mol. The Morgan fingerprint density at radius 1 is 1.25 bits per heavy atom. The minimum absolute atomic E-state index is 0.670. The first-order valence-corrected chi connectivity index (χ1v) is 7.89. The van der Waals surface area contributed by atoms with Crippen LogP contribution in [-0.4, -0.2) is 16.5 Å². The van der Waals surface area contributed by atoms with E-state index in [9.17, 15) is 0 Å². The Morgan fingerprint density at radius 2 is 2.00 bits per heavy atom. The van der Waals surface area contributed by atoms with Crippen molar-refractivity contribution < 1.29 is 0 Å². The van der Waals surface area contributed by atoms with E-state index in [1.807, 2.05) is 6.20 Å². The van der Waals surface area contributed by atoms with Crippen LogP contribution in [0.25, 0.3) is 10.7 Å². The zero-order valence-corrected chi connectivity index (χ0v) is 13.8. The quantitative estimate of drug-likeness (QED) is 0.908. The average Bonchev–Trinajstić information content (AvgIpc) is 2.70. The molecule has 108 valence electrons. The summed E-state index contributed by atoms with van der Waals surface area (Å²) in [5.41, 5.74) is 4.51. The van der Waals surface area contributed by atoms with Gasteiger partial charge in [-0.2, -0.15) is 0 Å². The molecule has 0 saturated carbocycles. The predicted octanol–water partition coefficient (Wildman–Crippen LogP) is 3.88. The summed E-state index contributed by atoms with van der Waals surface area (Å²) in [4.78, 5) is 10.5. The molecule has 0 aromatic carbocycles. The third-order valence-electron chi connectivity index (χ3n) is 3.15. The number of hydrogen-bond donors (Lipinski definition) is 1. The van der Waals surface area contributed by atoms with Crippen molar-refractivity contribution in [3.8, 4) is 10.7 Å². The first kappa shape index (κ1) is 15.1. The first-order valence-electron chi connectivity index (χ1n) is 7.08. The van der Waals surface area contributed by atoms with Crippen LogP contribution in [0.15, 0.2) is 12.3 Å². The van der Waals surface area contributed by atoms with Crippen LogP contribution in [0.3, 0.4) is 0 Å². The van der Waals surface area contributed by atoms with Gasteiger partial charge in [-0.15, -0.1) is 11.3 Å². The maximum Gasteiger partial charge on any atom is 0.142 e. The molecular weight excluding hydrogens is 266 g/mol. The number of aryl methyl sites for hydroxylation is 3. The Bertz CT molecular complexity index is 587. The van der Waals surface area contributed by atoms with E-state index in [1.165, 1.54) is 16.0 Å². The molecule has 0 aliphatic heterocycles. The molecule has 0 amide bonds. The maximum atomic E-state index is 4.69. The van der Waals surface area contributed by atoms with Crippen molar-refractivity contribution in [3.63, 3.8) is 0 Å². The summed E-state index contributed by atoms with van der Waals surface area (Å²) in [6.07, 6.45) is 1.91. The molecule has 0 aliphatic carbocycles. The van der Waals surface area contributed by atoms with E-state index in [1.54, 1.807) is 11.3 Å². The lowest BCUT2D eigenvalue weighted by atomic mass is 10.2. The molecule has 2 rings (SSSR count). The maximum absolute atomic E-state index is 4.69. The second kappa shape index (κ2) is 6.46. The van der Waals surface area contributed by atoms with E-state index >= 15 is 0 Å². The Morgan fingerprint density at radius 3 is 2.65 bits per heavy atom. The molecule has 0 radical (unpaired) electrons. The Balaban J connectivity index is 2.18. The van der Waals surface area contributed by atoms with Gasteiger partial charge in [-0.3, -0.25) is 4.98 Å². The summed E-state index contributed by atoms with van der Waals surface area (Å²) >= 11 is 1.75. The third-order valence-corrected chi connectivity index (χ3v) is 4.31. The van der Waals surface area contributed by atoms with E-state index < -0.39 is 0 Å². The highest BCUT2D eigenvalue weighted by Crippen LogP contribution is 2.28. The van der Waals surface area contributed by atoms with Crippen LogP contribution in [0, 0.1) is 26.7 Å². The summed E-state index contributed by atoms with van der Waals surface area (Å²) in [6, 6.07) is 2.16. The molecule has 20 heavy (non-hydrogen) atoms. The van der Waals surface area contributed by atoms with Gasteiger partial charge in [0.1, 0.15) is 10.7 Å². The van der Waals surface area contributed by atoms with Gasteiger partial charge >= 0.3 is 0 Å². The van der Waals surface area contributed by atoms with Crippen molar-refractivity contribution >= 4 is 11.3 Å². The number of nitrogens with zero attached hydrogens (tertiary/aromatic N) is 2. The molecule has 0 unspecified atom stereocenters. The SMILES string of the molecule is Cc1cnc(-c2nc(C)c(CNCC(C)C)s2)c(C)c1. The molecule has 3 nitrogen and oxygen atoms in total. The van der Waals surface area contributed by atoms with Gasteiger partial charge in [0.15, 0.2) is 0 Å². The van der Waals surface area contributed by atoms with Crippen molar-refractivity contribution in [2.45, 2.75) is 41.2 Å². The van der Waals surface area contributed by atoms with Crippen molar-refractivity contribution in [3.05, 3.63) is 34.0 Å². The topological polar surface area (TPSA) is 37.8 Å². The lowest BCUT2D eigenvalue weighted by Crippen LogP contribution is -2.18. The van der Waals surface area contributed by atoms with Crippen LogP contribution in [0.4, 0.5) is 0 Å². The number of rotatable bonds is 5. The second-order valence-electron chi connectivity index (χ2n) is 5.73. The fraction of sp³-hybridized carbons (Fsp3) is 0.500. The highest BCUT2D eigenvalue weighted by molar-refractivity contribution is 7.15. The number of hydrogen-bond acceptors (Lipinski definition) is 4. The first-order chi connectivity index (χ1) is 9.47. The zero-order valence-electron chi connectivity index (χ0n) is 12.9. The zero-order chi connectivity index (χ0) is 14.7. The predicted molar refractivity (Wildman–Crippen MR) is 86.1 cm³/mol. The van der Waals surface area contributed by atoms with Gasteiger partial charge in [0, 0.05) is 17.6 Å². The standard InChI is InChI=1S/C16H23N3S/c1-10(2)7-17-9-14-13(5)19-16(20-14)15-12(4)6-11(3)8-18-15/h6,8,10,17H,7,9H2,1-5H3. The molecule has 4 heteroatoms. The Labute approximate surface area is 125 Å². The van der Waals surface area contributed by atoms with Gasteiger partial charge in [-0.25, -0.2) is 4.98 Å². The smallest absolute Gasteiger partial charge is 0.142 e. The van der Waals surface area contributed by atoms with Crippen LogP contribution in [0.2, 0.25) is 0 Å². The normalized spacial score (nSPS) is 11.3. The summed E-state index contributed by atoms with van der Waals surface area (Å²) in [5, 5.41) is 4.51. The minimum Gasteiger partial charge on any atom is -0.312 e. The van der Waals surface area contributed by atoms with E-state index in [0.717, 1.165) is 29.5 Å². The lowest BCUT2D eigenvalue weighted by Gasteiger charge is -2.05. The van der Waals surface area contributed by atoms with E-state index in [-0.39, 0.29) is 0 Å². The molecule has 0 aliphatic rings. The van der Waals surface area contributed by atoms with Crippen LogP contribution < -0.4 is 5.32 Å². The second-order valence-corrected chi connectivity index (χ2v) is 6.81. The third kappa shape index (κ3) is 3.64. The van der Waals surface area contributed by atoms with Gasteiger partial charge in [-0.1, -0.05) is 19.9 Å². The fourth-order valence-electron chi connectivity index (χ4n) is 2.11. The Hall–Kier alpha value is -1.26. The molecule has 0 spiro atoms. The number of pyridine rings is 1. The van der Waals surface area contributed by atoms with Crippen LogP contribution in [0.5, 0.6) is 0 Å². The Kier molecular flexibility index (Phi) is 4.89. The van der Waals surface area contributed by atoms with Crippen molar-refractivity contribution in [2.24, 2.45) is 5.92 Å². The number of aromatic nitrogens is 2. The number of nitrogens with one attached hydrogen (secondary N) is 1. The van der Waals surface area contributed by atoms with Crippen molar-refractivity contribution in [2.75, 3.05) is 6.54 Å². The van der Waals surface area contributed by atoms with Gasteiger partial charge in [0.2, 0.25) is 0 Å². The molecule has 0 saturated heterocycles. The highest BCUT2D eigenvalue weighted by Gasteiger charge is 2.12. The molecule has 2 aromatic rings. The molecule has 0 bridgehead atoms.